The van der Waals surface area contributed by atoms with E-state index in [0.29, 0.717) is 5.92 Å². The van der Waals surface area contributed by atoms with Crippen LogP contribution in [0.25, 0.3) is 28.0 Å². The number of methoxy groups -OCH3 is 1. The molecule has 1 aliphatic heterocycles. The third-order valence-electron chi connectivity index (χ3n) is 12.9. The maximum absolute atomic E-state index is 7.66. The van der Waals surface area contributed by atoms with Gasteiger partial charge < -0.3 is 14.4 Å². The summed E-state index contributed by atoms with van der Waals surface area (Å²) in [5.74, 6) is 2.47. The first-order valence-electron chi connectivity index (χ1n) is 17.2. The van der Waals surface area contributed by atoms with Crippen molar-refractivity contribution < 1.29 is 9.47 Å². The maximum Gasteiger partial charge on any atom is 0.178 e. The number of rotatable bonds is 4. The van der Waals surface area contributed by atoms with Gasteiger partial charge in [0.2, 0.25) is 0 Å². The second-order valence-electron chi connectivity index (χ2n) is 15.4. The van der Waals surface area contributed by atoms with E-state index < -0.39 is 5.60 Å². The maximum atomic E-state index is 7.66. The molecule has 3 heteroatoms. The number of anilines is 1. The van der Waals surface area contributed by atoms with Gasteiger partial charge in [0.15, 0.2) is 5.60 Å². The van der Waals surface area contributed by atoms with Crippen LogP contribution in [0.4, 0.5) is 5.69 Å². The van der Waals surface area contributed by atoms with Gasteiger partial charge in [-0.05, 0) is 100 Å². The van der Waals surface area contributed by atoms with Gasteiger partial charge in [-0.25, -0.2) is 0 Å². The fourth-order valence-corrected chi connectivity index (χ4v) is 10.8. The summed E-state index contributed by atoms with van der Waals surface area (Å²) in [7, 11) is 5.92. The molecule has 0 saturated heterocycles. The molecule has 0 N–H and O–H groups in total. The first-order chi connectivity index (χ1) is 22.7. The van der Waals surface area contributed by atoms with E-state index in [1.165, 1.54) is 52.5 Å². The van der Waals surface area contributed by atoms with E-state index in [4.69, 9.17) is 9.47 Å². The summed E-state index contributed by atoms with van der Waals surface area (Å²) in [4.78, 5) is 2.14. The quantitative estimate of drug-likeness (QED) is 0.200. The SMILES string of the molecule is COc1ccc2c3c(c4c(c2c1)OC(c1ccccc1)(c1ccc(N(C)C)cc1)C=C4)C1(c2ccccc2-3)C2(C)CCC(C2)C1(C)C. The molecule has 3 nitrogen and oxygen atoms in total. The lowest BCUT2D eigenvalue weighted by Crippen LogP contribution is -2.51. The van der Waals surface area contributed by atoms with Gasteiger partial charge in [0.25, 0.3) is 0 Å². The molecular formula is C44H43NO2. The second-order valence-corrected chi connectivity index (χ2v) is 15.4. The molecule has 0 amide bonds. The van der Waals surface area contributed by atoms with Gasteiger partial charge in [0.05, 0.1) is 7.11 Å². The Kier molecular flexibility index (Phi) is 5.82. The molecule has 4 atom stereocenters. The van der Waals surface area contributed by atoms with Gasteiger partial charge in [0.1, 0.15) is 11.5 Å². The van der Waals surface area contributed by atoms with E-state index in [2.05, 4.69) is 149 Å². The van der Waals surface area contributed by atoms with E-state index in [-0.39, 0.29) is 16.2 Å². The van der Waals surface area contributed by atoms with Crippen LogP contribution in [0, 0.1) is 16.7 Å². The molecule has 0 radical (unpaired) electrons. The van der Waals surface area contributed by atoms with Gasteiger partial charge in [-0.2, -0.15) is 0 Å². The Hall–Kier alpha value is -4.50. The molecule has 2 saturated carbocycles. The highest BCUT2D eigenvalue weighted by Gasteiger charge is 2.72. The predicted octanol–water partition coefficient (Wildman–Crippen LogP) is 10.4. The van der Waals surface area contributed by atoms with Crippen LogP contribution in [-0.4, -0.2) is 21.2 Å². The minimum atomic E-state index is -0.796. The van der Waals surface area contributed by atoms with Crippen molar-refractivity contribution in [2.75, 3.05) is 26.1 Å². The molecule has 9 rings (SSSR count). The van der Waals surface area contributed by atoms with Crippen molar-refractivity contribution >= 4 is 22.5 Å². The lowest BCUT2D eigenvalue weighted by Gasteiger charge is -2.54. The first kappa shape index (κ1) is 28.7. The highest BCUT2D eigenvalue weighted by molar-refractivity contribution is 6.09. The zero-order valence-corrected chi connectivity index (χ0v) is 28.4. The largest absolute Gasteiger partial charge is 0.497 e. The Morgan fingerprint density at radius 2 is 1.53 bits per heavy atom. The van der Waals surface area contributed by atoms with E-state index in [9.17, 15) is 0 Å². The van der Waals surface area contributed by atoms with Crippen molar-refractivity contribution in [3.8, 4) is 22.6 Å². The molecule has 236 valence electrons. The van der Waals surface area contributed by atoms with Crippen LogP contribution in [-0.2, 0) is 11.0 Å². The molecule has 5 aromatic rings. The average Bonchev–Trinajstić information content (AvgIpc) is 3.71. The van der Waals surface area contributed by atoms with Crippen LogP contribution in [0.1, 0.15) is 67.9 Å². The Bertz CT molecular complexity index is 2100. The van der Waals surface area contributed by atoms with E-state index in [1.807, 2.05) is 0 Å². The monoisotopic (exact) mass is 617 g/mol. The van der Waals surface area contributed by atoms with E-state index >= 15 is 0 Å². The van der Waals surface area contributed by atoms with Gasteiger partial charge >= 0.3 is 0 Å². The number of fused-ring (bicyclic) bond motifs is 13. The predicted molar refractivity (Wildman–Crippen MR) is 194 cm³/mol. The van der Waals surface area contributed by atoms with E-state index in [0.717, 1.165) is 33.7 Å². The minimum Gasteiger partial charge on any atom is -0.497 e. The number of hydrogen-bond donors (Lipinski definition) is 0. The van der Waals surface area contributed by atoms with Crippen LogP contribution in [0.3, 0.4) is 0 Å². The lowest BCUT2D eigenvalue weighted by atomic mass is 9.48. The molecule has 5 aromatic carbocycles. The topological polar surface area (TPSA) is 21.7 Å². The van der Waals surface area contributed by atoms with Crippen LogP contribution in [0.15, 0.2) is 103 Å². The summed E-state index contributed by atoms with van der Waals surface area (Å²) in [6.45, 7) is 7.71. The summed E-state index contributed by atoms with van der Waals surface area (Å²) in [6, 6.07) is 35.5. The fraction of sp³-hybridized carbons (Fsp3) is 0.318. The van der Waals surface area contributed by atoms with Gasteiger partial charge in [-0.3, -0.25) is 0 Å². The summed E-state index contributed by atoms with van der Waals surface area (Å²) < 4.78 is 13.5. The molecule has 4 aliphatic rings. The number of ether oxygens (including phenoxy) is 2. The Balaban J connectivity index is 1.40. The van der Waals surface area contributed by atoms with Crippen LogP contribution in [0.2, 0.25) is 0 Å². The molecule has 1 heterocycles. The molecule has 4 unspecified atom stereocenters. The third-order valence-corrected chi connectivity index (χ3v) is 12.9. The molecule has 1 spiro atoms. The smallest absolute Gasteiger partial charge is 0.178 e. The molecule has 47 heavy (non-hydrogen) atoms. The number of nitrogens with zero attached hydrogens (tertiary/aromatic N) is 1. The standard InChI is InChI=1S/C44H43NO2/c1-41(2)30-22-24-42(3,27-30)44(41)37-15-11-10-14-34(37)38-33-21-20-32(46-6)26-36(33)40-35(39(38)44)23-25-43(47-40,28-12-8-7-9-13-28)29-16-18-31(19-17-29)45(4)5/h7-21,23,25-26,30H,22,24,27H2,1-6H3. The lowest BCUT2D eigenvalue weighted by molar-refractivity contribution is 0.0677. The summed E-state index contributed by atoms with van der Waals surface area (Å²) >= 11 is 0. The van der Waals surface area contributed by atoms with Crippen molar-refractivity contribution in [3.63, 3.8) is 0 Å². The van der Waals surface area contributed by atoms with Gasteiger partial charge in [0, 0.05) is 47.3 Å². The van der Waals surface area contributed by atoms with Crippen molar-refractivity contribution in [3.05, 3.63) is 131 Å². The zero-order valence-electron chi connectivity index (χ0n) is 28.4. The van der Waals surface area contributed by atoms with E-state index in [1.54, 1.807) is 7.11 Å². The number of hydrogen-bond acceptors (Lipinski definition) is 3. The van der Waals surface area contributed by atoms with Crippen molar-refractivity contribution in [1.82, 2.24) is 0 Å². The summed E-state index contributed by atoms with van der Waals surface area (Å²) in [5, 5.41) is 2.34. The summed E-state index contributed by atoms with van der Waals surface area (Å²) in [5.41, 5.74) is 9.68. The first-order valence-corrected chi connectivity index (χ1v) is 17.2. The van der Waals surface area contributed by atoms with Crippen LogP contribution < -0.4 is 14.4 Å². The molecule has 0 aromatic heterocycles. The molecule has 2 bridgehead atoms. The molecule has 2 fully saturated rings. The molecule has 3 aliphatic carbocycles. The van der Waals surface area contributed by atoms with Crippen molar-refractivity contribution in [2.24, 2.45) is 16.7 Å². The van der Waals surface area contributed by atoms with Crippen molar-refractivity contribution in [2.45, 2.75) is 51.0 Å². The van der Waals surface area contributed by atoms with Crippen LogP contribution in [0.5, 0.6) is 11.5 Å². The third kappa shape index (κ3) is 3.42. The highest BCUT2D eigenvalue weighted by Crippen LogP contribution is 2.79. The second kappa shape index (κ2) is 9.53. The number of benzene rings is 5. The van der Waals surface area contributed by atoms with Crippen LogP contribution >= 0.6 is 0 Å². The Morgan fingerprint density at radius 3 is 2.23 bits per heavy atom. The Labute approximate surface area is 278 Å². The zero-order chi connectivity index (χ0) is 32.3. The highest BCUT2D eigenvalue weighted by atomic mass is 16.5. The van der Waals surface area contributed by atoms with Gasteiger partial charge in [-0.1, -0.05) is 93.6 Å². The fourth-order valence-electron chi connectivity index (χ4n) is 10.8. The average molecular weight is 618 g/mol. The molecular weight excluding hydrogens is 574 g/mol. The normalized spacial score (nSPS) is 27.4. The summed E-state index contributed by atoms with van der Waals surface area (Å²) in [6.07, 6.45) is 8.58. The van der Waals surface area contributed by atoms with Crippen molar-refractivity contribution in [1.29, 1.82) is 0 Å². The minimum absolute atomic E-state index is 0.0824. The van der Waals surface area contributed by atoms with Gasteiger partial charge in [-0.15, -0.1) is 0 Å². The Morgan fingerprint density at radius 1 is 0.809 bits per heavy atom.